The third kappa shape index (κ3) is 4.03. The van der Waals surface area contributed by atoms with Gasteiger partial charge in [-0.15, -0.1) is 0 Å². The van der Waals surface area contributed by atoms with Crippen molar-refractivity contribution < 1.29 is 14.3 Å². The molecule has 1 N–H and O–H groups in total. The zero-order valence-electron chi connectivity index (χ0n) is 12.8. The van der Waals surface area contributed by atoms with Crippen molar-refractivity contribution in [2.45, 2.75) is 0 Å². The minimum absolute atomic E-state index is 0.0299. The number of carbonyl (C=O) groups excluding carboxylic acids is 2. The summed E-state index contributed by atoms with van der Waals surface area (Å²) in [4.78, 5) is 28.0. The predicted molar refractivity (Wildman–Crippen MR) is 89.2 cm³/mol. The summed E-state index contributed by atoms with van der Waals surface area (Å²) in [6.07, 6.45) is 0. The summed E-state index contributed by atoms with van der Waals surface area (Å²) in [6.45, 7) is 3.96. The Morgan fingerprint density at radius 3 is 2.26 bits per heavy atom. The number of piperazine rings is 1. The number of amides is 2. The van der Waals surface area contributed by atoms with Crippen LogP contribution in [-0.4, -0.2) is 67.5 Å². The third-order valence-corrected chi connectivity index (χ3v) is 4.78. The van der Waals surface area contributed by atoms with Crippen LogP contribution in [0.25, 0.3) is 0 Å². The Balaban J connectivity index is 1.42. The molecule has 0 spiro atoms. The Morgan fingerprint density at radius 2 is 1.70 bits per heavy atom. The Hall–Kier alpha value is -1.60. The molecule has 2 saturated heterocycles. The van der Waals surface area contributed by atoms with Crippen LogP contribution in [0.1, 0.15) is 0 Å². The summed E-state index contributed by atoms with van der Waals surface area (Å²) in [5.41, 5.74) is 0. The van der Waals surface area contributed by atoms with Gasteiger partial charge in [-0.2, -0.15) is 0 Å². The minimum atomic E-state index is -0.0367. The molecule has 124 valence electrons. The molecule has 23 heavy (non-hydrogen) atoms. The number of nitrogens with zero attached hydrogens (tertiary/aromatic N) is 2. The van der Waals surface area contributed by atoms with E-state index in [1.807, 2.05) is 29.2 Å². The van der Waals surface area contributed by atoms with Crippen molar-refractivity contribution >= 4 is 27.7 Å². The normalized spacial score (nSPS) is 18.5. The molecule has 0 radical (unpaired) electrons. The van der Waals surface area contributed by atoms with Gasteiger partial charge in [-0.3, -0.25) is 9.59 Å². The van der Waals surface area contributed by atoms with Crippen LogP contribution < -0.4 is 10.1 Å². The number of halogens is 1. The van der Waals surface area contributed by atoms with Gasteiger partial charge in [-0.25, -0.2) is 0 Å². The molecule has 2 heterocycles. The lowest BCUT2D eigenvalue weighted by atomic mass is 10.0. The van der Waals surface area contributed by atoms with Crippen molar-refractivity contribution in [3.63, 3.8) is 0 Å². The fraction of sp³-hybridized carbons (Fsp3) is 0.500. The molecular formula is C16H20BrN3O3. The van der Waals surface area contributed by atoms with Crippen LogP contribution in [0, 0.1) is 5.92 Å². The standard InChI is InChI=1S/C16H20BrN3O3/c17-13-1-3-14(4-2-13)23-11-15(21)19-5-7-20(8-6-19)16(22)12-9-18-10-12/h1-4,12,18H,5-11H2. The SMILES string of the molecule is O=C(COc1ccc(Br)cc1)N1CCN(C(=O)C2CNC2)CC1. The fourth-order valence-electron chi connectivity index (χ4n) is 2.66. The van der Waals surface area contributed by atoms with Crippen molar-refractivity contribution in [2.75, 3.05) is 45.9 Å². The molecule has 1 aromatic rings. The smallest absolute Gasteiger partial charge is 0.260 e. The molecule has 0 unspecified atom stereocenters. The van der Waals surface area contributed by atoms with Crippen LogP contribution in [0.3, 0.4) is 0 Å². The summed E-state index contributed by atoms with van der Waals surface area (Å²) < 4.78 is 6.49. The molecule has 1 aromatic carbocycles. The van der Waals surface area contributed by atoms with E-state index in [1.54, 1.807) is 4.90 Å². The second-order valence-corrected chi connectivity index (χ2v) is 6.72. The summed E-state index contributed by atoms with van der Waals surface area (Å²) in [5.74, 6) is 0.970. The predicted octanol–water partition coefficient (Wildman–Crippen LogP) is 0.718. The van der Waals surface area contributed by atoms with Crippen LogP contribution in [0.15, 0.2) is 28.7 Å². The van der Waals surface area contributed by atoms with Crippen molar-refractivity contribution in [3.05, 3.63) is 28.7 Å². The molecule has 2 amide bonds. The first-order valence-corrected chi connectivity index (χ1v) is 8.58. The van der Waals surface area contributed by atoms with Gasteiger partial charge < -0.3 is 19.9 Å². The zero-order valence-corrected chi connectivity index (χ0v) is 14.4. The summed E-state index contributed by atoms with van der Waals surface area (Å²) in [5, 5.41) is 3.11. The van der Waals surface area contributed by atoms with Gasteiger partial charge in [0.25, 0.3) is 5.91 Å². The van der Waals surface area contributed by atoms with Gasteiger partial charge in [-0.1, -0.05) is 15.9 Å². The number of hydrogen-bond donors (Lipinski definition) is 1. The molecule has 2 aliphatic heterocycles. The molecule has 6 nitrogen and oxygen atoms in total. The van der Waals surface area contributed by atoms with E-state index in [9.17, 15) is 9.59 Å². The zero-order chi connectivity index (χ0) is 16.2. The highest BCUT2D eigenvalue weighted by Crippen LogP contribution is 2.16. The highest BCUT2D eigenvalue weighted by atomic mass is 79.9. The van der Waals surface area contributed by atoms with Gasteiger partial charge >= 0.3 is 0 Å². The van der Waals surface area contributed by atoms with Crippen molar-refractivity contribution in [1.82, 2.24) is 15.1 Å². The molecule has 0 atom stereocenters. The second-order valence-electron chi connectivity index (χ2n) is 5.80. The van der Waals surface area contributed by atoms with E-state index in [2.05, 4.69) is 21.2 Å². The first-order valence-electron chi connectivity index (χ1n) is 7.79. The second kappa shape index (κ2) is 7.31. The van der Waals surface area contributed by atoms with Crippen molar-refractivity contribution in [2.24, 2.45) is 5.92 Å². The molecular weight excluding hydrogens is 362 g/mol. The quantitative estimate of drug-likeness (QED) is 0.834. The van der Waals surface area contributed by atoms with E-state index in [1.165, 1.54) is 0 Å². The van der Waals surface area contributed by atoms with E-state index in [0.717, 1.165) is 17.6 Å². The lowest BCUT2D eigenvalue weighted by Crippen LogP contribution is -2.57. The molecule has 0 aromatic heterocycles. The lowest BCUT2D eigenvalue weighted by molar-refractivity contribution is -0.144. The molecule has 0 bridgehead atoms. The number of carbonyl (C=O) groups is 2. The van der Waals surface area contributed by atoms with Crippen LogP contribution in [0.4, 0.5) is 0 Å². The molecule has 3 rings (SSSR count). The fourth-order valence-corrected chi connectivity index (χ4v) is 2.93. The van der Waals surface area contributed by atoms with E-state index in [0.29, 0.717) is 31.9 Å². The van der Waals surface area contributed by atoms with Crippen LogP contribution in [0.2, 0.25) is 0 Å². The number of hydrogen-bond acceptors (Lipinski definition) is 4. The molecule has 0 saturated carbocycles. The maximum atomic E-state index is 12.2. The lowest BCUT2D eigenvalue weighted by Gasteiger charge is -2.38. The van der Waals surface area contributed by atoms with Gasteiger partial charge in [0.2, 0.25) is 5.91 Å². The molecule has 2 fully saturated rings. The van der Waals surface area contributed by atoms with Gasteiger partial charge in [0.15, 0.2) is 6.61 Å². The maximum absolute atomic E-state index is 12.2. The Morgan fingerprint density at radius 1 is 1.09 bits per heavy atom. The Bertz CT molecular complexity index is 566. The molecule has 2 aliphatic rings. The number of rotatable bonds is 4. The third-order valence-electron chi connectivity index (χ3n) is 4.25. The monoisotopic (exact) mass is 381 g/mol. The topological polar surface area (TPSA) is 61.9 Å². The van der Waals surface area contributed by atoms with Gasteiger partial charge in [0, 0.05) is 43.7 Å². The first kappa shape index (κ1) is 16.3. The van der Waals surface area contributed by atoms with Crippen LogP contribution >= 0.6 is 15.9 Å². The molecule has 0 aliphatic carbocycles. The van der Waals surface area contributed by atoms with Crippen molar-refractivity contribution in [1.29, 1.82) is 0 Å². The van der Waals surface area contributed by atoms with Crippen LogP contribution in [-0.2, 0) is 9.59 Å². The number of nitrogens with one attached hydrogen (secondary N) is 1. The van der Waals surface area contributed by atoms with E-state index in [4.69, 9.17) is 4.74 Å². The maximum Gasteiger partial charge on any atom is 0.260 e. The largest absolute Gasteiger partial charge is 0.484 e. The van der Waals surface area contributed by atoms with E-state index < -0.39 is 0 Å². The highest BCUT2D eigenvalue weighted by Gasteiger charge is 2.31. The average Bonchev–Trinajstić information content (AvgIpc) is 2.52. The van der Waals surface area contributed by atoms with Gasteiger partial charge in [0.05, 0.1) is 5.92 Å². The summed E-state index contributed by atoms with van der Waals surface area (Å²) in [7, 11) is 0. The Kier molecular flexibility index (Phi) is 5.17. The van der Waals surface area contributed by atoms with Crippen molar-refractivity contribution in [3.8, 4) is 5.75 Å². The first-order chi connectivity index (χ1) is 11.1. The highest BCUT2D eigenvalue weighted by molar-refractivity contribution is 9.10. The van der Waals surface area contributed by atoms with Gasteiger partial charge in [0.1, 0.15) is 5.75 Å². The molecule has 7 heteroatoms. The number of benzene rings is 1. The van der Waals surface area contributed by atoms with Gasteiger partial charge in [-0.05, 0) is 24.3 Å². The average molecular weight is 382 g/mol. The summed E-state index contributed by atoms with van der Waals surface area (Å²) >= 11 is 3.36. The minimum Gasteiger partial charge on any atom is -0.484 e. The van der Waals surface area contributed by atoms with Crippen LogP contribution in [0.5, 0.6) is 5.75 Å². The Labute approximate surface area is 143 Å². The number of ether oxygens (including phenoxy) is 1. The van der Waals surface area contributed by atoms with E-state index in [-0.39, 0.29) is 24.3 Å². The van der Waals surface area contributed by atoms with E-state index >= 15 is 0 Å². The summed E-state index contributed by atoms with van der Waals surface area (Å²) in [6, 6.07) is 7.39.